The maximum Gasteiger partial charge on any atom is 0.223 e. The van der Waals surface area contributed by atoms with E-state index in [4.69, 9.17) is 0 Å². The van der Waals surface area contributed by atoms with Crippen molar-refractivity contribution in [3.63, 3.8) is 0 Å². The Bertz CT molecular complexity index is 609. The molecule has 1 saturated heterocycles. The number of hydrogen-bond donors (Lipinski definition) is 1. The summed E-state index contributed by atoms with van der Waals surface area (Å²) in [5, 5.41) is 9.78. The molecule has 0 bridgehead atoms. The molecule has 7 heteroatoms. The molecule has 1 N–H and O–H groups in total. The van der Waals surface area contributed by atoms with Crippen molar-refractivity contribution in [1.29, 1.82) is 0 Å². The maximum atomic E-state index is 11.1. The summed E-state index contributed by atoms with van der Waals surface area (Å²) in [4.78, 5) is 18.1. The van der Waals surface area contributed by atoms with Crippen LogP contribution in [0.4, 0.5) is 5.13 Å². The number of carbonyl (C=O) groups excluding carboxylic acids is 1. The highest BCUT2D eigenvalue weighted by Gasteiger charge is 2.23. The van der Waals surface area contributed by atoms with Crippen molar-refractivity contribution in [3.8, 4) is 0 Å². The minimum Gasteiger partial charge on any atom is -0.302 e. The number of nitrogens with one attached hydrogen (secondary N) is 1. The Morgan fingerprint density at radius 1 is 1.50 bits per heavy atom. The number of hydrogen-bond acceptors (Lipinski definition) is 5. The molecule has 1 fully saturated rings. The lowest BCUT2D eigenvalue weighted by Gasteiger charge is -2.35. The molecule has 0 radical (unpaired) electrons. The first-order valence-corrected chi connectivity index (χ1v) is 8.52. The van der Waals surface area contributed by atoms with E-state index in [9.17, 15) is 4.79 Å². The van der Waals surface area contributed by atoms with Crippen LogP contribution in [0.25, 0.3) is 0 Å². The first-order valence-electron chi connectivity index (χ1n) is 7.64. The standard InChI is InChI=1S/C15H21N5OS/c1-12(21)17-15-18-13(11-22-15)9-19-7-3-2-5-14(19)10-20-8-4-6-16-20/h4,6,8,11,14H,2-3,5,7,9-10H2,1H3,(H,17,18,21). The van der Waals surface area contributed by atoms with Gasteiger partial charge in [-0.15, -0.1) is 11.3 Å². The zero-order valence-corrected chi connectivity index (χ0v) is 13.6. The molecule has 6 nitrogen and oxygen atoms in total. The van der Waals surface area contributed by atoms with Crippen LogP contribution in [0.2, 0.25) is 0 Å². The Morgan fingerprint density at radius 2 is 2.41 bits per heavy atom. The van der Waals surface area contributed by atoms with Gasteiger partial charge in [-0.05, 0) is 25.5 Å². The van der Waals surface area contributed by atoms with Gasteiger partial charge in [0.25, 0.3) is 0 Å². The van der Waals surface area contributed by atoms with Crippen molar-refractivity contribution in [2.24, 2.45) is 0 Å². The molecule has 2 aromatic heterocycles. The van der Waals surface area contributed by atoms with Crippen LogP contribution in [0.15, 0.2) is 23.8 Å². The highest BCUT2D eigenvalue weighted by atomic mass is 32.1. The SMILES string of the molecule is CC(=O)Nc1nc(CN2CCCCC2Cn2cccn2)cs1. The van der Waals surface area contributed by atoms with E-state index in [1.54, 1.807) is 0 Å². The van der Waals surface area contributed by atoms with Gasteiger partial charge in [0.1, 0.15) is 0 Å². The highest BCUT2D eigenvalue weighted by Crippen LogP contribution is 2.23. The molecule has 0 spiro atoms. The first-order chi connectivity index (χ1) is 10.7. The van der Waals surface area contributed by atoms with Crippen LogP contribution >= 0.6 is 11.3 Å². The molecule has 0 aliphatic carbocycles. The van der Waals surface area contributed by atoms with Crippen LogP contribution in [0.1, 0.15) is 31.9 Å². The summed E-state index contributed by atoms with van der Waals surface area (Å²) in [6, 6.07) is 2.47. The molecule has 0 saturated carbocycles. The van der Waals surface area contributed by atoms with Gasteiger partial charge in [-0.3, -0.25) is 14.4 Å². The average Bonchev–Trinajstić information content (AvgIpc) is 3.13. The molecule has 3 heterocycles. The van der Waals surface area contributed by atoms with E-state index in [0.717, 1.165) is 25.3 Å². The number of aromatic nitrogens is 3. The smallest absolute Gasteiger partial charge is 0.223 e. The molecular weight excluding hydrogens is 298 g/mol. The molecule has 3 rings (SSSR count). The van der Waals surface area contributed by atoms with Crippen molar-refractivity contribution in [1.82, 2.24) is 19.7 Å². The fourth-order valence-electron chi connectivity index (χ4n) is 2.89. The van der Waals surface area contributed by atoms with E-state index < -0.39 is 0 Å². The van der Waals surface area contributed by atoms with Gasteiger partial charge in [-0.2, -0.15) is 5.10 Å². The summed E-state index contributed by atoms with van der Waals surface area (Å²) in [5.74, 6) is -0.0737. The quantitative estimate of drug-likeness (QED) is 0.919. The molecule has 1 amide bonds. The number of nitrogens with zero attached hydrogens (tertiary/aromatic N) is 4. The number of anilines is 1. The van der Waals surface area contributed by atoms with Crippen LogP contribution in [0.3, 0.4) is 0 Å². The second-order valence-electron chi connectivity index (χ2n) is 5.67. The number of rotatable bonds is 5. The third kappa shape index (κ3) is 3.92. The van der Waals surface area contributed by atoms with E-state index in [1.807, 2.05) is 28.5 Å². The fraction of sp³-hybridized carbons (Fsp3) is 0.533. The van der Waals surface area contributed by atoms with Gasteiger partial charge in [0.05, 0.1) is 12.2 Å². The molecule has 1 unspecified atom stereocenters. The lowest BCUT2D eigenvalue weighted by molar-refractivity contribution is -0.114. The van der Waals surface area contributed by atoms with Crippen LogP contribution in [-0.2, 0) is 17.9 Å². The van der Waals surface area contributed by atoms with Crippen molar-refractivity contribution in [2.45, 2.75) is 45.3 Å². The zero-order valence-electron chi connectivity index (χ0n) is 12.7. The lowest BCUT2D eigenvalue weighted by Crippen LogP contribution is -2.41. The average molecular weight is 319 g/mol. The Hall–Kier alpha value is -1.73. The van der Waals surface area contributed by atoms with Gasteiger partial charge in [0.15, 0.2) is 5.13 Å². The third-order valence-corrected chi connectivity index (χ3v) is 4.71. The molecule has 1 aliphatic heterocycles. The number of carbonyl (C=O) groups is 1. The van der Waals surface area contributed by atoms with E-state index in [-0.39, 0.29) is 5.91 Å². The number of thiazole rings is 1. The number of amides is 1. The summed E-state index contributed by atoms with van der Waals surface area (Å²) in [6.07, 6.45) is 7.55. The largest absolute Gasteiger partial charge is 0.302 e. The predicted molar refractivity (Wildman–Crippen MR) is 86.7 cm³/mol. The molecule has 2 aromatic rings. The normalized spacial score (nSPS) is 19.2. The topological polar surface area (TPSA) is 63.1 Å². The second-order valence-corrected chi connectivity index (χ2v) is 6.53. The summed E-state index contributed by atoms with van der Waals surface area (Å²) < 4.78 is 2.01. The number of likely N-dealkylation sites (tertiary alicyclic amines) is 1. The second kappa shape index (κ2) is 7.02. The van der Waals surface area contributed by atoms with Gasteiger partial charge in [0, 0.05) is 37.3 Å². The van der Waals surface area contributed by atoms with Crippen molar-refractivity contribution < 1.29 is 4.79 Å². The molecule has 1 atom stereocenters. The summed E-state index contributed by atoms with van der Waals surface area (Å²) >= 11 is 1.49. The van der Waals surface area contributed by atoms with E-state index >= 15 is 0 Å². The van der Waals surface area contributed by atoms with Crippen LogP contribution in [0.5, 0.6) is 0 Å². The van der Waals surface area contributed by atoms with Gasteiger partial charge >= 0.3 is 0 Å². The Labute approximate surface area is 134 Å². The van der Waals surface area contributed by atoms with Gasteiger partial charge < -0.3 is 5.32 Å². The van der Waals surface area contributed by atoms with E-state index in [0.29, 0.717) is 11.2 Å². The highest BCUT2D eigenvalue weighted by molar-refractivity contribution is 7.13. The minimum absolute atomic E-state index is 0.0737. The Morgan fingerprint density at radius 3 is 3.18 bits per heavy atom. The zero-order chi connectivity index (χ0) is 15.4. The molecule has 1 aliphatic rings. The minimum atomic E-state index is -0.0737. The first kappa shape index (κ1) is 15.2. The monoisotopic (exact) mass is 319 g/mol. The van der Waals surface area contributed by atoms with Gasteiger partial charge in [-0.1, -0.05) is 6.42 Å². The van der Waals surface area contributed by atoms with Crippen molar-refractivity contribution >= 4 is 22.4 Å². The molecule has 118 valence electrons. The van der Waals surface area contributed by atoms with Gasteiger partial charge in [-0.25, -0.2) is 4.98 Å². The Balaban J connectivity index is 1.63. The molecular formula is C15H21N5OS. The third-order valence-electron chi connectivity index (χ3n) is 3.91. The lowest BCUT2D eigenvalue weighted by atomic mass is 10.0. The van der Waals surface area contributed by atoms with Crippen LogP contribution < -0.4 is 5.32 Å². The van der Waals surface area contributed by atoms with Crippen molar-refractivity contribution in [2.75, 3.05) is 11.9 Å². The van der Waals surface area contributed by atoms with Gasteiger partial charge in [0.2, 0.25) is 5.91 Å². The predicted octanol–water partition coefficient (Wildman–Crippen LogP) is 2.35. The van der Waals surface area contributed by atoms with E-state index in [2.05, 4.69) is 20.3 Å². The van der Waals surface area contributed by atoms with Crippen LogP contribution in [-0.4, -0.2) is 38.2 Å². The number of piperidine rings is 1. The maximum absolute atomic E-state index is 11.1. The van der Waals surface area contributed by atoms with Crippen LogP contribution in [0, 0.1) is 0 Å². The van der Waals surface area contributed by atoms with Crippen molar-refractivity contribution in [3.05, 3.63) is 29.5 Å². The Kier molecular flexibility index (Phi) is 4.84. The summed E-state index contributed by atoms with van der Waals surface area (Å²) in [5.41, 5.74) is 1.03. The molecule has 0 aromatic carbocycles. The molecule has 22 heavy (non-hydrogen) atoms. The summed E-state index contributed by atoms with van der Waals surface area (Å²) in [6.45, 7) is 4.36. The summed E-state index contributed by atoms with van der Waals surface area (Å²) in [7, 11) is 0. The fourth-order valence-corrected chi connectivity index (χ4v) is 3.64. The van der Waals surface area contributed by atoms with E-state index in [1.165, 1.54) is 37.5 Å².